The molecule has 0 saturated carbocycles. The van der Waals surface area contributed by atoms with E-state index in [4.69, 9.17) is 5.84 Å². The van der Waals surface area contributed by atoms with Crippen molar-refractivity contribution in [1.29, 1.82) is 0 Å². The summed E-state index contributed by atoms with van der Waals surface area (Å²) in [6.07, 6.45) is 1.37. The van der Waals surface area contributed by atoms with Crippen molar-refractivity contribution in [2.45, 2.75) is 17.9 Å². The highest BCUT2D eigenvalue weighted by molar-refractivity contribution is 7.89. The van der Waals surface area contributed by atoms with Gasteiger partial charge < -0.3 is 5.43 Å². The summed E-state index contributed by atoms with van der Waals surface area (Å²) in [4.78, 5) is 26.5. The molecule has 1 aromatic rings. The van der Waals surface area contributed by atoms with Crippen molar-refractivity contribution in [3.05, 3.63) is 18.3 Å². The number of nitrogens with two attached hydrogens (primary N) is 1. The lowest BCUT2D eigenvalue weighted by Gasteiger charge is -2.30. The Bertz CT molecular complexity index is 659. The monoisotopic (exact) mass is 299 g/mol. The molecular weight excluding hydrogens is 286 g/mol. The van der Waals surface area contributed by atoms with E-state index in [0.29, 0.717) is 0 Å². The van der Waals surface area contributed by atoms with Crippen molar-refractivity contribution in [2.24, 2.45) is 5.84 Å². The van der Waals surface area contributed by atoms with Crippen molar-refractivity contribution in [3.63, 3.8) is 0 Å². The second-order valence-corrected chi connectivity index (χ2v) is 5.99. The van der Waals surface area contributed by atoms with Crippen LogP contribution in [-0.4, -0.2) is 42.1 Å². The SMILES string of the molecule is CC1C(=O)NC(=O)CN1S(=O)(=O)c1cccnc1NN. The smallest absolute Gasteiger partial charge is 0.247 e. The van der Waals surface area contributed by atoms with Crippen LogP contribution in [0.25, 0.3) is 0 Å². The van der Waals surface area contributed by atoms with Crippen LogP contribution in [0.2, 0.25) is 0 Å². The van der Waals surface area contributed by atoms with E-state index in [-0.39, 0.29) is 10.7 Å². The molecule has 4 N–H and O–H groups in total. The van der Waals surface area contributed by atoms with Gasteiger partial charge in [-0.15, -0.1) is 0 Å². The number of carbonyl (C=O) groups excluding carboxylic acids is 2. The van der Waals surface area contributed by atoms with E-state index in [2.05, 4.69) is 15.7 Å². The number of hydrazine groups is 1. The predicted octanol–water partition coefficient (Wildman–Crippen LogP) is -1.60. The minimum atomic E-state index is -4.07. The Hall–Kier alpha value is -2.04. The average Bonchev–Trinajstić information content (AvgIpc) is 2.42. The van der Waals surface area contributed by atoms with Crippen LogP contribution in [-0.2, 0) is 19.6 Å². The second kappa shape index (κ2) is 5.15. The van der Waals surface area contributed by atoms with Crippen LogP contribution in [0.5, 0.6) is 0 Å². The third-order valence-electron chi connectivity index (χ3n) is 2.87. The zero-order valence-electron chi connectivity index (χ0n) is 10.5. The second-order valence-electron chi connectivity index (χ2n) is 4.13. The van der Waals surface area contributed by atoms with Crippen LogP contribution < -0.4 is 16.6 Å². The number of anilines is 1. The first-order valence-electron chi connectivity index (χ1n) is 5.65. The van der Waals surface area contributed by atoms with Gasteiger partial charge in [-0.25, -0.2) is 19.2 Å². The summed E-state index contributed by atoms with van der Waals surface area (Å²) in [5, 5.41) is 2.07. The lowest BCUT2D eigenvalue weighted by molar-refractivity contribution is -0.136. The number of nitrogens with one attached hydrogen (secondary N) is 2. The van der Waals surface area contributed by atoms with Gasteiger partial charge in [0.1, 0.15) is 10.9 Å². The first kappa shape index (κ1) is 14.4. The summed E-state index contributed by atoms with van der Waals surface area (Å²) in [7, 11) is -4.07. The fourth-order valence-electron chi connectivity index (χ4n) is 1.82. The molecule has 0 spiro atoms. The molecule has 1 aliphatic heterocycles. The number of nitrogens with zero attached hydrogens (tertiary/aromatic N) is 2. The molecule has 0 aromatic carbocycles. The van der Waals surface area contributed by atoms with Gasteiger partial charge in [-0.3, -0.25) is 14.9 Å². The molecule has 0 radical (unpaired) electrons. The third-order valence-corrected chi connectivity index (χ3v) is 4.82. The number of amides is 2. The van der Waals surface area contributed by atoms with Gasteiger partial charge in [-0.1, -0.05) is 0 Å². The van der Waals surface area contributed by atoms with E-state index >= 15 is 0 Å². The van der Waals surface area contributed by atoms with Crippen molar-refractivity contribution >= 4 is 27.7 Å². The number of piperazine rings is 1. The number of hydrogen-bond acceptors (Lipinski definition) is 7. The van der Waals surface area contributed by atoms with E-state index in [1.54, 1.807) is 0 Å². The van der Waals surface area contributed by atoms with E-state index in [9.17, 15) is 18.0 Å². The normalized spacial score (nSPS) is 20.6. The van der Waals surface area contributed by atoms with Gasteiger partial charge in [0.2, 0.25) is 21.8 Å². The molecule has 20 heavy (non-hydrogen) atoms. The Morgan fingerprint density at radius 1 is 1.50 bits per heavy atom. The molecule has 1 aromatic heterocycles. The summed E-state index contributed by atoms with van der Waals surface area (Å²) in [6, 6.07) is 1.72. The van der Waals surface area contributed by atoms with Crippen LogP contribution in [0.15, 0.2) is 23.2 Å². The minimum Gasteiger partial charge on any atom is -0.307 e. The molecule has 1 atom stereocenters. The van der Waals surface area contributed by atoms with Gasteiger partial charge in [0, 0.05) is 6.20 Å². The molecule has 0 bridgehead atoms. The van der Waals surface area contributed by atoms with E-state index < -0.39 is 34.4 Å². The maximum atomic E-state index is 12.5. The first-order chi connectivity index (χ1) is 9.37. The van der Waals surface area contributed by atoms with Crippen LogP contribution >= 0.6 is 0 Å². The molecule has 1 saturated heterocycles. The summed E-state index contributed by atoms with van der Waals surface area (Å²) in [6.45, 7) is 0.958. The van der Waals surface area contributed by atoms with Crippen LogP contribution in [0.1, 0.15) is 6.92 Å². The molecule has 1 unspecified atom stereocenters. The zero-order valence-corrected chi connectivity index (χ0v) is 11.3. The molecule has 1 aliphatic rings. The van der Waals surface area contributed by atoms with Gasteiger partial charge in [0.05, 0.1) is 6.54 Å². The van der Waals surface area contributed by atoms with Gasteiger partial charge in [-0.05, 0) is 19.1 Å². The quantitative estimate of drug-likeness (QED) is 0.347. The summed E-state index contributed by atoms with van der Waals surface area (Å²) >= 11 is 0. The number of imide groups is 1. The molecule has 2 amide bonds. The molecule has 2 heterocycles. The van der Waals surface area contributed by atoms with E-state index in [1.807, 2.05) is 0 Å². The predicted molar refractivity (Wildman–Crippen MR) is 68.6 cm³/mol. The fourth-order valence-corrected chi connectivity index (χ4v) is 3.48. The first-order valence-corrected chi connectivity index (χ1v) is 7.09. The number of pyridine rings is 1. The molecule has 1 fully saturated rings. The van der Waals surface area contributed by atoms with Crippen LogP contribution in [0, 0.1) is 0 Å². The summed E-state index contributed by atoms with van der Waals surface area (Å²) in [5.41, 5.74) is 2.18. The van der Waals surface area contributed by atoms with Gasteiger partial charge in [-0.2, -0.15) is 4.31 Å². The number of rotatable bonds is 3. The molecule has 0 aliphatic carbocycles. The Morgan fingerprint density at radius 3 is 2.85 bits per heavy atom. The Labute approximate surface area is 115 Å². The third kappa shape index (κ3) is 2.35. The maximum absolute atomic E-state index is 12.5. The summed E-state index contributed by atoms with van der Waals surface area (Å²) in [5.74, 6) is 3.82. The number of sulfonamides is 1. The average molecular weight is 299 g/mol. The highest BCUT2D eigenvalue weighted by Gasteiger charge is 2.40. The van der Waals surface area contributed by atoms with E-state index in [0.717, 1.165) is 4.31 Å². The molecular formula is C10H13N5O4S. The van der Waals surface area contributed by atoms with Gasteiger partial charge in [0.15, 0.2) is 5.82 Å². The molecule has 2 rings (SSSR count). The van der Waals surface area contributed by atoms with Gasteiger partial charge >= 0.3 is 0 Å². The fraction of sp³-hybridized carbons (Fsp3) is 0.300. The van der Waals surface area contributed by atoms with Crippen molar-refractivity contribution in [1.82, 2.24) is 14.6 Å². The number of nitrogen functional groups attached to an aromatic ring is 1. The maximum Gasteiger partial charge on any atom is 0.247 e. The number of hydrogen-bond donors (Lipinski definition) is 3. The number of carbonyl (C=O) groups is 2. The Balaban J connectivity index is 2.49. The van der Waals surface area contributed by atoms with Crippen molar-refractivity contribution in [3.8, 4) is 0 Å². The van der Waals surface area contributed by atoms with Gasteiger partial charge in [0.25, 0.3) is 0 Å². The molecule has 9 nitrogen and oxygen atoms in total. The molecule has 108 valence electrons. The number of aromatic nitrogens is 1. The largest absolute Gasteiger partial charge is 0.307 e. The van der Waals surface area contributed by atoms with Crippen molar-refractivity contribution < 1.29 is 18.0 Å². The lowest BCUT2D eigenvalue weighted by atomic mass is 10.2. The van der Waals surface area contributed by atoms with Crippen LogP contribution in [0.3, 0.4) is 0 Å². The lowest BCUT2D eigenvalue weighted by Crippen LogP contribution is -2.58. The molecule has 10 heteroatoms. The van der Waals surface area contributed by atoms with Crippen LogP contribution in [0.4, 0.5) is 5.82 Å². The zero-order chi connectivity index (χ0) is 14.9. The summed E-state index contributed by atoms with van der Waals surface area (Å²) < 4.78 is 25.9. The Morgan fingerprint density at radius 2 is 2.20 bits per heavy atom. The highest BCUT2D eigenvalue weighted by atomic mass is 32.2. The van der Waals surface area contributed by atoms with Crippen molar-refractivity contribution in [2.75, 3.05) is 12.0 Å². The topological polar surface area (TPSA) is 134 Å². The minimum absolute atomic E-state index is 0.0573. The standard InChI is InChI=1S/C10H13N5O4S/c1-6-10(17)13-8(16)5-15(6)20(18,19)7-3-2-4-12-9(7)14-11/h2-4,6H,5,11H2,1H3,(H,12,14)(H,13,16,17). The van der Waals surface area contributed by atoms with E-state index in [1.165, 1.54) is 25.3 Å². The highest BCUT2D eigenvalue weighted by Crippen LogP contribution is 2.24. The Kier molecular flexibility index (Phi) is 3.70.